The van der Waals surface area contributed by atoms with Gasteiger partial charge < -0.3 is 10.6 Å². The summed E-state index contributed by atoms with van der Waals surface area (Å²) < 4.78 is 0. The first-order valence-corrected chi connectivity index (χ1v) is 7.93. The summed E-state index contributed by atoms with van der Waals surface area (Å²) in [4.78, 5) is 26.1. The highest BCUT2D eigenvalue weighted by atomic mass is 16.2. The van der Waals surface area contributed by atoms with Crippen LogP contribution in [-0.2, 0) is 16.0 Å². The number of para-hydroxylation sites is 1. The molecule has 2 rings (SSSR count). The summed E-state index contributed by atoms with van der Waals surface area (Å²) in [6.45, 7) is 3.94. The van der Waals surface area contributed by atoms with E-state index in [0.717, 1.165) is 37.9 Å². The van der Waals surface area contributed by atoms with Gasteiger partial charge in [-0.05, 0) is 30.9 Å². The molecule has 1 saturated heterocycles. The largest absolute Gasteiger partial charge is 0.345 e. The Morgan fingerprint density at radius 3 is 2.61 bits per heavy atom. The van der Waals surface area contributed by atoms with Crippen molar-refractivity contribution in [3.8, 4) is 6.07 Å². The molecule has 1 heterocycles. The molecule has 1 aliphatic rings. The van der Waals surface area contributed by atoms with Crippen LogP contribution >= 0.6 is 0 Å². The first kappa shape index (κ1) is 17.0. The molecular weight excluding hydrogens is 292 g/mol. The van der Waals surface area contributed by atoms with E-state index in [4.69, 9.17) is 5.26 Å². The van der Waals surface area contributed by atoms with Gasteiger partial charge in [0.05, 0.1) is 12.6 Å². The van der Waals surface area contributed by atoms with Crippen LogP contribution in [0.1, 0.15) is 25.3 Å². The summed E-state index contributed by atoms with van der Waals surface area (Å²) in [5.41, 5.74) is 1.68. The molecule has 0 spiro atoms. The van der Waals surface area contributed by atoms with Crippen molar-refractivity contribution in [2.75, 3.05) is 25.0 Å². The third kappa shape index (κ3) is 4.80. The normalized spacial score (nSPS) is 15.7. The van der Waals surface area contributed by atoms with Crippen molar-refractivity contribution in [2.45, 2.75) is 32.2 Å². The van der Waals surface area contributed by atoms with Gasteiger partial charge in [-0.15, -0.1) is 0 Å². The van der Waals surface area contributed by atoms with Crippen LogP contribution in [0.3, 0.4) is 0 Å². The fraction of sp³-hybridized carbons (Fsp3) is 0.471. The maximum atomic E-state index is 12.0. The second-order valence-corrected chi connectivity index (χ2v) is 5.65. The van der Waals surface area contributed by atoms with Crippen LogP contribution in [0.4, 0.5) is 5.69 Å². The van der Waals surface area contributed by atoms with Gasteiger partial charge in [-0.25, -0.2) is 0 Å². The van der Waals surface area contributed by atoms with Gasteiger partial charge in [0.1, 0.15) is 0 Å². The number of amides is 2. The quantitative estimate of drug-likeness (QED) is 0.648. The monoisotopic (exact) mass is 314 g/mol. The summed E-state index contributed by atoms with van der Waals surface area (Å²) in [6, 6.07) is 9.58. The molecule has 0 bridgehead atoms. The smallest absolute Gasteiger partial charge is 0.313 e. The predicted octanol–water partition coefficient (Wildman–Crippen LogP) is 1.29. The first-order valence-electron chi connectivity index (χ1n) is 7.93. The molecule has 23 heavy (non-hydrogen) atoms. The number of nitriles is 1. The van der Waals surface area contributed by atoms with Crippen molar-refractivity contribution in [1.82, 2.24) is 10.2 Å². The molecule has 1 aromatic carbocycles. The number of nitrogens with zero attached hydrogens (tertiary/aromatic N) is 2. The van der Waals surface area contributed by atoms with Crippen LogP contribution in [0.15, 0.2) is 24.3 Å². The Morgan fingerprint density at radius 1 is 1.26 bits per heavy atom. The highest BCUT2D eigenvalue weighted by Crippen LogP contribution is 2.15. The maximum absolute atomic E-state index is 12.0. The van der Waals surface area contributed by atoms with E-state index in [1.165, 1.54) is 0 Å². The average Bonchev–Trinajstić information content (AvgIpc) is 2.57. The van der Waals surface area contributed by atoms with Crippen molar-refractivity contribution in [1.29, 1.82) is 5.26 Å². The second-order valence-electron chi connectivity index (χ2n) is 5.65. The highest BCUT2D eigenvalue weighted by Gasteiger charge is 2.23. The van der Waals surface area contributed by atoms with Gasteiger partial charge in [0, 0.05) is 24.8 Å². The van der Waals surface area contributed by atoms with Crippen molar-refractivity contribution < 1.29 is 9.59 Å². The van der Waals surface area contributed by atoms with E-state index in [-0.39, 0.29) is 6.04 Å². The summed E-state index contributed by atoms with van der Waals surface area (Å²) in [5, 5.41) is 14.1. The summed E-state index contributed by atoms with van der Waals surface area (Å²) in [5.74, 6) is -1.24. The number of likely N-dealkylation sites (tertiary alicyclic amines) is 1. The summed E-state index contributed by atoms with van der Waals surface area (Å²) in [7, 11) is 0. The van der Waals surface area contributed by atoms with E-state index >= 15 is 0 Å². The topological polar surface area (TPSA) is 85.2 Å². The molecule has 6 heteroatoms. The number of aryl methyl sites for hydroxylation is 1. The number of carbonyl (C=O) groups excluding carboxylic acids is 2. The van der Waals surface area contributed by atoms with Gasteiger partial charge in [0.25, 0.3) is 0 Å². The van der Waals surface area contributed by atoms with Crippen LogP contribution in [0, 0.1) is 11.3 Å². The number of carbonyl (C=O) groups is 2. The van der Waals surface area contributed by atoms with Gasteiger partial charge in [-0.2, -0.15) is 5.26 Å². The fourth-order valence-corrected chi connectivity index (χ4v) is 2.72. The molecule has 122 valence electrons. The zero-order valence-corrected chi connectivity index (χ0v) is 13.3. The predicted molar refractivity (Wildman–Crippen MR) is 87.7 cm³/mol. The molecule has 0 unspecified atom stereocenters. The third-order valence-corrected chi connectivity index (χ3v) is 4.07. The highest BCUT2D eigenvalue weighted by molar-refractivity contribution is 6.39. The van der Waals surface area contributed by atoms with Gasteiger partial charge in [-0.3, -0.25) is 14.5 Å². The Balaban J connectivity index is 1.84. The zero-order chi connectivity index (χ0) is 16.7. The number of hydrogen-bond donors (Lipinski definition) is 2. The van der Waals surface area contributed by atoms with E-state index in [9.17, 15) is 9.59 Å². The van der Waals surface area contributed by atoms with Crippen LogP contribution in [-0.4, -0.2) is 42.4 Å². The molecule has 2 N–H and O–H groups in total. The van der Waals surface area contributed by atoms with E-state index in [1.54, 1.807) is 6.07 Å². The number of benzene rings is 1. The molecular formula is C17H22N4O2. The molecule has 0 radical (unpaired) electrons. The molecule has 6 nitrogen and oxygen atoms in total. The number of piperidine rings is 1. The van der Waals surface area contributed by atoms with E-state index in [2.05, 4.69) is 16.7 Å². The van der Waals surface area contributed by atoms with Crippen LogP contribution < -0.4 is 10.6 Å². The lowest BCUT2D eigenvalue weighted by Crippen LogP contribution is -2.47. The van der Waals surface area contributed by atoms with Crippen molar-refractivity contribution in [3.05, 3.63) is 29.8 Å². The SMILES string of the molecule is CCc1ccccc1NC(=O)C(=O)NC1CCN(CC#N)CC1. The van der Waals surface area contributed by atoms with E-state index in [1.807, 2.05) is 30.0 Å². The Kier molecular flexibility index (Phi) is 6.12. The molecule has 1 fully saturated rings. The van der Waals surface area contributed by atoms with E-state index in [0.29, 0.717) is 12.2 Å². The van der Waals surface area contributed by atoms with Crippen LogP contribution in [0.2, 0.25) is 0 Å². The first-order chi connectivity index (χ1) is 11.1. The number of anilines is 1. The lowest BCUT2D eigenvalue weighted by molar-refractivity contribution is -0.136. The van der Waals surface area contributed by atoms with Gasteiger partial charge in [0.2, 0.25) is 0 Å². The van der Waals surface area contributed by atoms with E-state index < -0.39 is 11.8 Å². The maximum Gasteiger partial charge on any atom is 0.313 e. The molecule has 1 aliphatic heterocycles. The minimum Gasteiger partial charge on any atom is -0.345 e. The minimum atomic E-state index is -0.634. The third-order valence-electron chi connectivity index (χ3n) is 4.07. The number of rotatable bonds is 4. The Hall–Kier alpha value is -2.39. The second kappa shape index (κ2) is 8.30. The van der Waals surface area contributed by atoms with Crippen LogP contribution in [0.5, 0.6) is 0 Å². The zero-order valence-electron chi connectivity index (χ0n) is 13.3. The minimum absolute atomic E-state index is 0.00962. The molecule has 0 saturated carbocycles. The van der Waals surface area contributed by atoms with Gasteiger partial charge >= 0.3 is 11.8 Å². The standard InChI is InChI=1S/C17H22N4O2/c1-2-13-5-3-4-6-15(13)20-17(23)16(22)19-14-7-10-21(11-8-14)12-9-18/h3-6,14H,2,7-8,10-12H2,1H3,(H,19,22)(H,20,23). The Morgan fingerprint density at radius 2 is 1.96 bits per heavy atom. The lowest BCUT2D eigenvalue weighted by Gasteiger charge is -2.30. The molecule has 1 aromatic rings. The molecule has 0 aliphatic carbocycles. The summed E-state index contributed by atoms with van der Waals surface area (Å²) in [6.07, 6.45) is 2.30. The van der Waals surface area contributed by atoms with Crippen LogP contribution in [0.25, 0.3) is 0 Å². The lowest BCUT2D eigenvalue weighted by atomic mass is 10.1. The average molecular weight is 314 g/mol. The van der Waals surface area contributed by atoms with Crippen molar-refractivity contribution in [3.63, 3.8) is 0 Å². The Labute approximate surface area is 136 Å². The number of hydrogen-bond acceptors (Lipinski definition) is 4. The molecule has 0 aromatic heterocycles. The van der Waals surface area contributed by atoms with Crippen molar-refractivity contribution >= 4 is 17.5 Å². The fourth-order valence-electron chi connectivity index (χ4n) is 2.72. The Bertz CT molecular complexity index is 601. The number of nitrogens with one attached hydrogen (secondary N) is 2. The summed E-state index contributed by atoms with van der Waals surface area (Å²) >= 11 is 0. The molecule has 0 atom stereocenters. The van der Waals surface area contributed by atoms with Gasteiger partial charge in [-0.1, -0.05) is 25.1 Å². The van der Waals surface area contributed by atoms with Gasteiger partial charge in [0.15, 0.2) is 0 Å². The van der Waals surface area contributed by atoms with Crippen molar-refractivity contribution in [2.24, 2.45) is 0 Å². The molecule has 2 amide bonds.